The van der Waals surface area contributed by atoms with Gasteiger partial charge in [-0.05, 0) is 40.5 Å². The van der Waals surface area contributed by atoms with Crippen LogP contribution in [0.4, 0.5) is 5.82 Å². The van der Waals surface area contributed by atoms with Gasteiger partial charge >= 0.3 is 0 Å². The molecule has 0 bridgehead atoms. The number of anilines is 1. The molecule has 0 atom stereocenters. The molecule has 0 radical (unpaired) electrons. The Morgan fingerprint density at radius 2 is 1.88 bits per heavy atom. The minimum atomic E-state index is 0.540. The maximum atomic E-state index is 5.68. The van der Waals surface area contributed by atoms with Crippen molar-refractivity contribution in [2.75, 3.05) is 5.73 Å². The Bertz CT molecular complexity index is 481. The summed E-state index contributed by atoms with van der Waals surface area (Å²) in [6.45, 7) is 6.29. The van der Waals surface area contributed by atoms with Crippen LogP contribution in [0.25, 0.3) is 10.9 Å². The third kappa shape index (κ3) is 3.20. The molecule has 2 N–H and O–H groups in total. The highest BCUT2D eigenvalue weighted by atomic mass is 79.9. The quantitative estimate of drug-likeness (QED) is 0.781. The normalized spacial score (nSPS) is 9.75. The molecule has 3 heteroatoms. The highest BCUT2D eigenvalue weighted by Crippen LogP contribution is 2.23. The Morgan fingerprint density at radius 1 is 1.25 bits per heavy atom. The second-order valence-corrected chi connectivity index (χ2v) is 4.61. The van der Waals surface area contributed by atoms with Crippen molar-refractivity contribution in [2.45, 2.75) is 27.2 Å². The van der Waals surface area contributed by atoms with E-state index in [4.69, 9.17) is 5.73 Å². The van der Waals surface area contributed by atoms with Crippen molar-refractivity contribution >= 4 is 32.7 Å². The Kier molecular flexibility index (Phi) is 4.74. The van der Waals surface area contributed by atoms with E-state index in [0.717, 1.165) is 15.4 Å². The second-order valence-electron chi connectivity index (χ2n) is 3.76. The fraction of sp³-hybridized carbons (Fsp3) is 0.308. The zero-order valence-electron chi connectivity index (χ0n) is 9.92. The molecule has 0 amide bonds. The number of benzene rings is 1. The van der Waals surface area contributed by atoms with Crippen LogP contribution in [0.15, 0.2) is 28.7 Å². The number of halogens is 1. The fourth-order valence-electron chi connectivity index (χ4n) is 1.27. The number of nitrogens with two attached hydrogens (primary N) is 1. The first kappa shape index (κ1) is 13.0. The Labute approximate surface area is 105 Å². The average molecular weight is 281 g/mol. The Morgan fingerprint density at radius 3 is 2.50 bits per heavy atom. The molecule has 0 aliphatic rings. The summed E-state index contributed by atoms with van der Waals surface area (Å²) in [5, 5.41) is 1.10. The van der Waals surface area contributed by atoms with Crippen LogP contribution < -0.4 is 5.73 Å². The molecule has 1 heterocycles. The van der Waals surface area contributed by atoms with E-state index in [0.29, 0.717) is 5.82 Å². The summed E-state index contributed by atoms with van der Waals surface area (Å²) >= 11 is 3.35. The van der Waals surface area contributed by atoms with E-state index < -0.39 is 0 Å². The SMILES string of the molecule is CCC.Cc1ccc2cc(Br)c(N)nc2c1. The molecular weight excluding hydrogens is 264 g/mol. The lowest BCUT2D eigenvalue weighted by molar-refractivity contribution is 1.09. The van der Waals surface area contributed by atoms with Gasteiger partial charge in [0.25, 0.3) is 0 Å². The van der Waals surface area contributed by atoms with E-state index in [2.05, 4.69) is 40.8 Å². The van der Waals surface area contributed by atoms with Crippen molar-refractivity contribution in [2.24, 2.45) is 0 Å². The van der Waals surface area contributed by atoms with Crippen LogP contribution in [0.2, 0.25) is 0 Å². The van der Waals surface area contributed by atoms with Crippen LogP contribution in [0.1, 0.15) is 25.8 Å². The van der Waals surface area contributed by atoms with Crippen LogP contribution in [0, 0.1) is 6.92 Å². The first-order chi connectivity index (χ1) is 7.58. The summed E-state index contributed by atoms with van der Waals surface area (Å²) in [6, 6.07) is 8.11. The van der Waals surface area contributed by atoms with Gasteiger partial charge in [0.15, 0.2) is 0 Å². The predicted octanol–water partition coefficient (Wildman–Crippen LogP) is 4.30. The number of nitrogen functional groups attached to an aromatic ring is 1. The molecule has 2 aromatic rings. The van der Waals surface area contributed by atoms with Gasteiger partial charge in [-0.25, -0.2) is 4.98 Å². The molecule has 0 aliphatic heterocycles. The molecule has 1 aromatic heterocycles. The zero-order chi connectivity index (χ0) is 12.1. The number of aromatic nitrogens is 1. The number of fused-ring (bicyclic) bond motifs is 1. The van der Waals surface area contributed by atoms with Gasteiger partial charge in [0.05, 0.1) is 9.99 Å². The van der Waals surface area contributed by atoms with Crippen LogP contribution in [-0.4, -0.2) is 4.98 Å². The lowest BCUT2D eigenvalue weighted by Gasteiger charge is -2.02. The van der Waals surface area contributed by atoms with E-state index in [-0.39, 0.29) is 0 Å². The minimum Gasteiger partial charge on any atom is -0.383 e. The standard InChI is InChI=1S/C10H9BrN2.C3H8/c1-6-2-3-7-5-8(11)10(12)13-9(7)4-6;1-3-2/h2-5H,1H3,(H2,12,13);3H2,1-2H3. The molecule has 0 aliphatic carbocycles. The van der Waals surface area contributed by atoms with Crippen molar-refractivity contribution in [1.82, 2.24) is 4.98 Å². The molecule has 0 fully saturated rings. The molecule has 86 valence electrons. The van der Waals surface area contributed by atoms with Crippen LogP contribution >= 0.6 is 15.9 Å². The summed E-state index contributed by atoms with van der Waals surface area (Å²) in [5.41, 5.74) is 7.82. The summed E-state index contributed by atoms with van der Waals surface area (Å²) in [7, 11) is 0. The van der Waals surface area contributed by atoms with E-state index in [1.165, 1.54) is 12.0 Å². The zero-order valence-corrected chi connectivity index (χ0v) is 11.5. The van der Waals surface area contributed by atoms with Crippen molar-refractivity contribution in [3.05, 3.63) is 34.3 Å². The molecule has 1 aromatic carbocycles. The largest absolute Gasteiger partial charge is 0.383 e. The highest BCUT2D eigenvalue weighted by Gasteiger charge is 2.00. The molecule has 0 saturated carbocycles. The van der Waals surface area contributed by atoms with Gasteiger partial charge in [0.1, 0.15) is 5.82 Å². The first-order valence-corrected chi connectivity index (χ1v) is 6.20. The number of rotatable bonds is 0. The number of nitrogens with zero attached hydrogens (tertiary/aromatic N) is 1. The Hall–Kier alpha value is -1.09. The third-order valence-electron chi connectivity index (χ3n) is 1.95. The monoisotopic (exact) mass is 280 g/mol. The van der Waals surface area contributed by atoms with Crippen molar-refractivity contribution in [1.29, 1.82) is 0 Å². The van der Waals surface area contributed by atoms with Crippen molar-refractivity contribution in [3.8, 4) is 0 Å². The molecule has 0 unspecified atom stereocenters. The smallest absolute Gasteiger partial charge is 0.138 e. The maximum Gasteiger partial charge on any atom is 0.138 e. The van der Waals surface area contributed by atoms with Gasteiger partial charge in [-0.15, -0.1) is 0 Å². The van der Waals surface area contributed by atoms with E-state index in [1.807, 2.05) is 25.1 Å². The molecule has 2 nitrogen and oxygen atoms in total. The number of hydrogen-bond acceptors (Lipinski definition) is 2. The fourth-order valence-corrected chi connectivity index (χ4v) is 1.60. The van der Waals surface area contributed by atoms with Gasteiger partial charge < -0.3 is 5.73 Å². The Balaban J connectivity index is 0.000000386. The molecule has 2 rings (SSSR count). The topological polar surface area (TPSA) is 38.9 Å². The van der Waals surface area contributed by atoms with Gasteiger partial charge in [-0.3, -0.25) is 0 Å². The third-order valence-corrected chi connectivity index (χ3v) is 2.59. The molecule has 0 spiro atoms. The maximum absolute atomic E-state index is 5.68. The van der Waals surface area contributed by atoms with Gasteiger partial charge in [0.2, 0.25) is 0 Å². The van der Waals surface area contributed by atoms with Crippen molar-refractivity contribution in [3.63, 3.8) is 0 Å². The first-order valence-electron chi connectivity index (χ1n) is 5.40. The van der Waals surface area contributed by atoms with E-state index >= 15 is 0 Å². The number of hydrogen-bond donors (Lipinski definition) is 1. The lowest BCUT2D eigenvalue weighted by atomic mass is 10.1. The number of aryl methyl sites for hydroxylation is 1. The second kappa shape index (κ2) is 5.85. The average Bonchev–Trinajstić information content (AvgIpc) is 2.21. The minimum absolute atomic E-state index is 0.540. The molecule has 0 saturated heterocycles. The highest BCUT2D eigenvalue weighted by molar-refractivity contribution is 9.10. The van der Waals surface area contributed by atoms with Crippen molar-refractivity contribution < 1.29 is 0 Å². The van der Waals surface area contributed by atoms with Crippen LogP contribution in [-0.2, 0) is 0 Å². The summed E-state index contributed by atoms with van der Waals surface area (Å²) in [4.78, 5) is 4.27. The van der Waals surface area contributed by atoms with Gasteiger partial charge in [-0.2, -0.15) is 0 Å². The molecule has 16 heavy (non-hydrogen) atoms. The summed E-state index contributed by atoms with van der Waals surface area (Å²) < 4.78 is 0.851. The van der Waals surface area contributed by atoms with Gasteiger partial charge in [0, 0.05) is 5.39 Å². The summed E-state index contributed by atoms with van der Waals surface area (Å²) in [5.74, 6) is 0.540. The molecular formula is C13H17BrN2. The lowest BCUT2D eigenvalue weighted by Crippen LogP contribution is -1.92. The van der Waals surface area contributed by atoms with Crippen LogP contribution in [0.5, 0.6) is 0 Å². The van der Waals surface area contributed by atoms with Gasteiger partial charge in [-0.1, -0.05) is 32.4 Å². The predicted molar refractivity (Wildman–Crippen MR) is 74.6 cm³/mol. The summed E-state index contributed by atoms with van der Waals surface area (Å²) in [6.07, 6.45) is 1.25. The number of pyridine rings is 1. The van der Waals surface area contributed by atoms with Crippen LogP contribution in [0.3, 0.4) is 0 Å². The van der Waals surface area contributed by atoms with E-state index in [9.17, 15) is 0 Å². The van der Waals surface area contributed by atoms with E-state index in [1.54, 1.807) is 0 Å².